The SMILES string of the molecule is C=C1CSC(C(C(=O)[O-])[N+](=O)CNC(=O)c2cc3cc(Cl)c(O)cc3oc2=O)N=C1C(=O)[O-].Cc1ccc(-c2c3ccc(=O)cc-3oc3cc([O-])ccc23)c(C(=O)O)c1.O=C([O-])C1=C(CSc2ccc(-c3c4ccc(=O)cc-4oc4cc([O-])ccc34)c(C(=O)O)c2)CSC2C1C(=O)N2C(=O)CNC(=O)c1cc2c(oc1=O)=CC(O)C(Cl)C=2. The first-order chi connectivity index (χ1) is 55.6. The number of phenols is 1. The maximum absolute atomic E-state index is 13.3. The van der Waals surface area contributed by atoms with E-state index in [2.05, 4.69) is 22.2 Å². The molecular weight excluding hydrogens is 1630 g/mol. The monoisotopic (exact) mass is 1680 g/mol. The van der Waals surface area contributed by atoms with Crippen molar-refractivity contribution in [2.45, 2.75) is 40.1 Å². The number of likely N-dealkylation sites (tertiary alicyclic amines) is 1. The number of carboxylic acids is 5. The third kappa shape index (κ3) is 16.6. The number of carboxylic acid groups (broad SMARTS) is 5. The van der Waals surface area contributed by atoms with Crippen LogP contribution in [0, 0.1) is 17.7 Å². The number of hydrogen-bond donors (Lipinski definition) is 6. The highest BCUT2D eigenvalue weighted by Gasteiger charge is 2.55. The van der Waals surface area contributed by atoms with Crippen LogP contribution >= 0.6 is 58.5 Å². The summed E-state index contributed by atoms with van der Waals surface area (Å²) in [6, 6.07) is 29.4. The number of aromatic hydroxyl groups is 1. The van der Waals surface area contributed by atoms with Gasteiger partial charge in [-0.2, -0.15) is 0 Å². The van der Waals surface area contributed by atoms with Gasteiger partial charge in [0.15, 0.2) is 16.2 Å². The second-order valence-electron chi connectivity index (χ2n) is 26.2. The van der Waals surface area contributed by atoms with Gasteiger partial charge in [-0.3, -0.25) is 44.0 Å². The normalized spacial score (nSPS) is 17.0. The number of nitroso groups, excluding NO2 is 1. The molecular formula is C80H51Cl2N5O27S3-4. The quantitative estimate of drug-likeness (QED) is 0.0137. The summed E-state index contributed by atoms with van der Waals surface area (Å²) in [6.45, 7) is 3.71. The third-order valence-corrected chi connectivity index (χ3v) is 23.0. The molecule has 5 aliphatic heterocycles. The van der Waals surface area contributed by atoms with Gasteiger partial charge in [-0.1, -0.05) is 72.3 Å². The number of hydrogen-bond acceptors (Lipinski definition) is 29. The largest absolute Gasteiger partial charge is 0.872 e. The van der Waals surface area contributed by atoms with Crippen molar-refractivity contribution in [3.05, 3.63) is 246 Å². The van der Waals surface area contributed by atoms with Crippen LogP contribution in [0.5, 0.6) is 17.2 Å². The first kappa shape index (κ1) is 81.6. The Morgan fingerprint density at radius 3 is 1.85 bits per heavy atom. The fourth-order valence-electron chi connectivity index (χ4n) is 13.2. The molecule has 0 saturated carbocycles. The fraction of sp³-hybridized carbons (Fsp3) is 0.150. The van der Waals surface area contributed by atoms with Crippen LogP contribution in [-0.2, 0) is 24.0 Å². The van der Waals surface area contributed by atoms with Gasteiger partial charge in [-0.15, -0.1) is 58.4 Å². The van der Waals surface area contributed by atoms with Gasteiger partial charge in [0.1, 0.15) is 61.9 Å². The second kappa shape index (κ2) is 33.2. The van der Waals surface area contributed by atoms with E-state index in [4.69, 9.17) is 40.9 Å². The number of aryl methyl sites for hydroxylation is 1. The molecule has 0 radical (unpaired) electrons. The van der Waals surface area contributed by atoms with E-state index in [1.807, 2.05) is 13.0 Å². The van der Waals surface area contributed by atoms with Gasteiger partial charge in [0.2, 0.25) is 11.8 Å². The lowest BCUT2D eigenvalue weighted by Crippen LogP contribution is -2.66. The van der Waals surface area contributed by atoms with Gasteiger partial charge >= 0.3 is 23.2 Å². The summed E-state index contributed by atoms with van der Waals surface area (Å²) in [7, 11) is 0. The molecule has 4 amide bonds. The summed E-state index contributed by atoms with van der Waals surface area (Å²) in [5.41, 5.74) is 0.130. The van der Waals surface area contributed by atoms with Gasteiger partial charge in [-0.25, -0.2) is 19.2 Å². The molecule has 5 aromatic carbocycles. The number of amides is 4. The van der Waals surface area contributed by atoms with Crippen LogP contribution in [0.15, 0.2) is 203 Å². The van der Waals surface area contributed by atoms with E-state index in [-0.39, 0.29) is 116 Å². The average Bonchev–Trinajstić information content (AvgIpc) is 0.749. The number of aliphatic imine (C=N–C) groups is 1. The van der Waals surface area contributed by atoms with Gasteiger partial charge in [0, 0.05) is 93.7 Å². The van der Waals surface area contributed by atoms with Crippen LogP contribution < -0.4 is 68.9 Å². The molecule has 6 N–H and O–H groups in total. The zero-order valence-corrected chi connectivity index (χ0v) is 63.5. The van der Waals surface area contributed by atoms with E-state index in [0.717, 1.165) is 57.9 Å². The minimum atomic E-state index is -1.97. The van der Waals surface area contributed by atoms with Crippen molar-refractivity contribution in [2.75, 3.05) is 30.5 Å². The molecule has 7 heterocycles. The van der Waals surface area contributed by atoms with Crippen LogP contribution in [-0.4, -0.2) is 148 Å². The Morgan fingerprint density at radius 1 is 0.667 bits per heavy atom. The fourth-order valence-corrected chi connectivity index (χ4v) is 17.2. The van der Waals surface area contributed by atoms with E-state index in [0.29, 0.717) is 60.4 Å². The number of fused-ring (bicyclic) bond motifs is 7. The molecule has 0 spiro atoms. The Hall–Kier alpha value is -13.5. The summed E-state index contributed by atoms with van der Waals surface area (Å²) in [6.07, 6.45) is 1.52. The van der Waals surface area contributed by atoms with Gasteiger partial charge in [-0.05, 0) is 114 Å². The lowest BCUT2D eigenvalue weighted by molar-refractivity contribution is -0.585. The highest BCUT2D eigenvalue weighted by Crippen LogP contribution is 2.48. The number of alkyl halides is 1. The lowest BCUT2D eigenvalue weighted by atomic mass is 9.86. The molecule has 15 rings (SSSR count). The summed E-state index contributed by atoms with van der Waals surface area (Å²) in [5.74, 6) is -12.7. The molecule has 594 valence electrons. The summed E-state index contributed by atoms with van der Waals surface area (Å²) >= 11 is 14.9. The van der Waals surface area contributed by atoms with Crippen molar-refractivity contribution in [1.29, 1.82) is 0 Å². The van der Waals surface area contributed by atoms with Crippen molar-refractivity contribution in [1.82, 2.24) is 15.5 Å². The van der Waals surface area contributed by atoms with Crippen molar-refractivity contribution < 1.29 is 112 Å². The van der Waals surface area contributed by atoms with Crippen molar-refractivity contribution in [2.24, 2.45) is 10.9 Å². The maximum atomic E-state index is 13.3. The van der Waals surface area contributed by atoms with E-state index >= 15 is 0 Å². The number of β-lactam (4-membered cyclic amide) rings is 1. The first-order valence-corrected chi connectivity index (χ1v) is 38.1. The van der Waals surface area contributed by atoms with Crippen LogP contribution in [0.25, 0.3) is 90.0 Å². The number of imide groups is 1. The number of phenolic OH excluding ortho intramolecular Hbond substituents is 1. The number of halogens is 2. The topological polar surface area (TPSA) is 530 Å². The number of aliphatic hydroxyl groups excluding tert-OH is 1. The number of aromatic carboxylic acids is 2. The molecule has 1 saturated heterocycles. The zero-order chi connectivity index (χ0) is 84.0. The summed E-state index contributed by atoms with van der Waals surface area (Å²) in [4.78, 5) is 177. The van der Waals surface area contributed by atoms with Crippen LogP contribution in [0.3, 0.4) is 0 Å². The van der Waals surface area contributed by atoms with Gasteiger partial charge in [0.05, 0.1) is 57.7 Å². The molecule has 2 aromatic heterocycles. The number of rotatable bonds is 18. The number of nitrogens with one attached hydrogen (secondary N) is 2. The molecule has 0 bridgehead atoms. The van der Waals surface area contributed by atoms with Crippen LogP contribution in [0.2, 0.25) is 5.02 Å². The van der Waals surface area contributed by atoms with E-state index < -0.39 is 129 Å². The number of aliphatic hydroxyl groups is 1. The number of nitrogens with zero attached hydrogens (tertiary/aromatic N) is 3. The second-order valence-corrected chi connectivity index (χ2v) is 30.4. The first-order valence-electron chi connectivity index (χ1n) is 34.2. The number of carbonyl (C=O) groups is 9. The minimum absolute atomic E-state index is 0.0162. The Morgan fingerprint density at radius 2 is 1.25 bits per heavy atom. The molecule has 6 unspecified atom stereocenters. The molecule has 7 aromatic rings. The average molecular weight is 1680 g/mol. The Labute approximate surface area is 675 Å². The van der Waals surface area contributed by atoms with E-state index in [1.54, 1.807) is 36.4 Å². The molecule has 1 fully saturated rings. The van der Waals surface area contributed by atoms with Crippen LogP contribution in [0.4, 0.5) is 0 Å². The number of thioether (sulfide) groups is 3. The highest BCUT2D eigenvalue weighted by atomic mass is 35.5. The number of carbonyl (C=O) groups excluding carboxylic acids is 7. The molecule has 32 nitrogen and oxygen atoms in total. The Bertz CT molecular complexity index is 6590. The van der Waals surface area contributed by atoms with E-state index in [1.165, 1.54) is 91.0 Å². The standard InChI is InChI=1S/C40H27ClN2O13S2.C21H14O5.C19H14ClN3O9S/c41-26-8-16-7-25(40(54)56-28(16)12-27(26)46)35(48)42-13-31(47)43-36(49)34-32(39(52)53)17(15-58-37(34)43)14-57-20-3-6-21(24(11-20)38(50)51)33-22-4-1-18(44)9-29(22)55-30-10-19(45)2-5-23(30)33;1-11-2-5-14(17(8-11)21(24)25)20-15-6-3-12(22)9-18(15)26-19-10-13(23)4-7-16(19)20;1-7-5-33-16(22-13(7)17(26)27)14(18(28)29)23(31)6-21-15(25)9-2-8-3-10(20)11(24)4-12(8)32-19(9)30/h1-12,26-27,34,37,44,46H,13-15H2,(H,42,48)(H,50,51)(H,52,53);2-10,22H,1H3,(H,24,25);2-4,14,16H,1,5-6H2,(H3-,21,24,25,26,27,28,29,30)/p-4. The molecule has 6 atom stereocenters. The summed E-state index contributed by atoms with van der Waals surface area (Å²) < 4.78 is 21.6. The Balaban J connectivity index is 0.000000169. The van der Waals surface area contributed by atoms with Crippen molar-refractivity contribution in [3.8, 4) is 62.1 Å². The van der Waals surface area contributed by atoms with E-state index in [9.17, 15) is 113 Å². The molecule has 37 heteroatoms. The molecule has 117 heavy (non-hydrogen) atoms. The highest BCUT2D eigenvalue weighted by molar-refractivity contribution is 8.01. The minimum Gasteiger partial charge on any atom is -0.872 e. The van der Waals surface area contributed by atoms with Crippen molar-refractivity contribution in [3.63, 3.8) is 0 Å². The number of aliphatic carboxylic acids is 3. The Kier molecular flexibility index (Phi) is 23.1. The van der Waals surface area contributed by atoms with Gasteiger partial charge < -0.3 is 83.3 Å². The predicted octanol–water partition coefficient (Wildman–Crippen LogP) is 2.66. The van der Waals surface area contributed by atoms with Crippen LogP contribution in [0.1, 0.15) is 47.0 Å². The maximum Gasteiger partial charge on any atom is 0.349 e. The predicted molar refractivity (Wildman–Crippen MR) is 414 cm³/mol. The summed E-state index contributed by atoms with van der Waals surface area (Å²) in [5, 5.41) is 101. The van der Waals surface area contributed by atoms with Crippen molar-refractivity contribution >= 4 is 163 Å². The smallest absolute Gasteiger partial charge is 0.349 e. The van der Waals surface area contributed by atoms with Gasteiger partial charge in [0.25, 0.3) is 24.5 Å². The molecule has 3 aliphatic carbocycles. The lowest BCUT2D eigenvalue weighted by Gasteiger charge is -2.49. The number of benzene rings is 7. The molecule has 8 aliphatic rings. The third-order valence-electron chi connectivity index (χ3n) is 18.7. The zero-order valence-electron chi connectivity index (χ0n) is 59.6.